The molecule has 2 amide bonds. The first-order valence-electron chi connectivity index (χ1n) is 12.0. The molecule has 33 heavy (non-hydrogen) atoms. The van der Waals surface area contributed by atoms with Gasteiger partial charge in [-0.25, -0.2) is 19.3 Å². The molecule has 1 saturated heterocycles. The molecule has 0 aromatic heterocycles. The largest absolute Gasteiger partial charge is 0.481 e. The summed E-state index contributed by atoms with van der Waals surface area (Å²) in [6.45, 7) is -4.06. The van der Waals surface area contributed by atoms with Gasteiger partial charge in [-0.3, -0.25) is 25.0 Å². The van der Waals surface area contributed by atoms with Crippen molar-refractivity contribution in [2.45, 2.75) is 37.1 Å². The number of anilines is 1. The molecule has 1 fully saturated rings. The first-order chi connectivity index (χ1) is 17.3. The van der Waals surface area contributed by atoms with E-state index in [1.807, 2.05) is 0 Å². The molecule has 0 saturated carbocycles. The highest BCUT2D eigenvalue weighted by Crippen LogP contribution is 2.23. The van der Waals surface area contributed by atoms with Crippen molar-refractivity contribution < 1.29 is 39.4 Å². The Hall–Kier alpha value is -4.00. The fourth-order valence-corrected chi connectivity index (χ4v) is 3.56. The number of carboxylic acid groups (broad SMARTS) is 2. The second-order valence-corrected chi connectivity index (χ2v) is 7.44. The van der Waals surface area contributed by atoms with E-state index in [0.717, 1.165) is 9.48 Å². The lowest BCUT2D eigenvalue weighted by molar-refractivity contribution is -0.586. The molecule has 5 atom stereocenters. The van der Waals surface area contributed by atoms with Crippen molar-refractivity contribution in [3.63, 3.8) is 0 Å². The van der Waals surface area contributed by atoms with E-state index >= 15 is 0 Å². The molecular formula is C20H24N7O6+. The van der Waals surface area contributed by atoms with E-state index < -0.39 is 67.5 Å². The summed E-state index contributed by atoms with van der Waals surface area (Å²) < 4.78 is 35.8. The number of hydrogen-bond donors (Lipinski definition) is 6. The average molecular weight is 462 g/mol. The number of benzene rings is 1. The van der Waals surface area contributed by atoms with Crippen LogP contribution in [-0.4, -0.2) is 88.1 Å². The molecule has 4 rings (SSSR count). The molecule has 1 aromatic carbocycles. The SMILES string of the molecule is [2H]C1NC2N=C(N)NC(=O)C2[N+]2=CN(c3ccc(C(=O)N[C@@H](CCC(=O)O)C(=O)O)cc3)C([2H])([2H])C12[2H]. The van der Waals surface area contributed by atoms with Gasteiger partial charge in [0.1, 0.15) is 24.2 Å². The van der Waals surface area contributed by atoms with Crippen LogP contribution >= 0.6 is 0 Å². The zero-order chi connectivity index (χ0) is 27.3. The van der Waals surface area contributed by atoms with Crippen LogP contribution in [0.4, 0.5) is 5.69 Å². The lowest BCUT2D eigenvalue weighted by atomic mass is 10.1. The van der Waals surface area contributed by atoms with Crippen molar-refractivity contribution in [3.8, 4) is 0 Å². The Kier molecular flexibility index (Phi) is 4.71. The van der Waals surface area contributed by atoms with Gasteiger partial charge in [0.25, 0.3) is 11.8 Å². The number of nitrogens with zero attached hydrogens (tertiary/aromatic N) is 3. The Balaban J connectivity index is 1.60. The third kappa shape index (κ3) is 4.62. The van der Waals surface area contributed by atoms with Crippen LogP contribution in [0.5, 0.6) is 0 Å². The zero-order valence-corrected chi connectivity index (χ0v) is 17.1. The number of carbonyl (C=O) groups is 4. The first-order valence-corrected chi connectivity index (χ1v) is 9.88. The van der Waals surface area contributed by atoms with Crippen molar-refractivity contribution in [1.82, 2.24) is 16.0 Å². The Morgan fingerprint density at radius 1 is 1.36 bits per heavy atom. The molecule has 1 aromatic rings. The maximum atomic E-state index is 12.6. The van der Waals surface area contributed by atoms with Crippen LogP contribution < -0.4 is 26.6 Å². The van der Waals surface area contributed by atoms with E-state index in [2.05, 4.69) is 20.9 Å². The summed E-state index contributed by atoms with van der Waals surface area (Å²) in [7, 11) is 0. The maximum absolute atomic E-state index is 12.6. The fraction of sp³-hybridized carbons (Fsp3) is 0.400. The van der Waals surface area contributed by atoms with Crippen LogP contribution in [-0.2, 0) is 14.4 Å². The summed E-state index contributed by atoms with van der Waals surface area (Å²) in [4.78, 5) is 52.4. The zero-order valence-electron chi connectivity index (χ0n) is 21.1. The summed E-state index contributed by atoms with van der Waals surface area (Å²) >= 11 is 0. The molecule has 3 heterocycles. The molecule has 13 heteroatoms. The number of nitrogens with one attached hydrogen (secondary N) is 3. The van der Waals surface area contributed by atoms with Crippen LogP contribution in [0.1, 0.15) is 28.7 Å². The van der Waals surface area contributed by atoms with Crippen molar-refractivity contribution in [2.75, 3.05) is 17.9 Å². The lowest BCUT2D eigenvalue weighted by Gasteiger charge is -2.34. The maximum Gasteiger partial charge on any atom is 0.326 e. The lowest BCUT2D eigenvalue weighted by Crippen LogP contribution is -2.66. The third-order valence-electron chi connectivity index (χ3n) is 5.20. The average Bonchev–Trinajstić information content (AvgIpc) is 3.03. The van der Waals surface area contributed by atoms with Gasteiger partial charge < -0.3 is 21.3 Å². The molecule has 0 spiro atoms. The number of piperazine rings is 1. The molecular weight excluding hydrogens is 434 g/mol. The molecule has 7 N–H and O–H groups in total. The Morgan fingerprint density at radius 2 is 2.09 bits per heavy atom. The number of carbonyl (C=O) groups excluding carboxylic acids is 2. The van der Waals surface area contributed by atoms with Crippen LogP contribution in [0.2, 0.25) is 0 Å². The fourth-order valence-electron chi connectivity index (χ4n) is 3.56. The second kappa shape index (κ2) is 8.86. The first kappa shape index (κ1) is 17.5. The van der Waals surface area contributed by atoms with Gasteiger partial charge in [0.05, 0.1) is 4.11 Å². The van der Waals surface area contributed by atoms with Crippen molar-refractivity contribution in [3.05, 3.63) is 29.8 Å². The second-order valence-electron chi connectivity index (χ2n) is 7.44. The molecule has 13 nitrogen and oxygen atoms in total. The van der Waals surface area contributed by atoms with E-state index in [1.165, 1.54) is 30.6 Å². The van der Waals surface area contributed by atoms with Gasteiger partial charge in [0, 0.05) is 19.9 Å². The van der Waals surface area contributed by atoms with E-state index in [1.54, 1.807) is 0 Å². The van der Waals surface area contributed by atoms with E-state index in [4.69, 9.17) is 16.3 Å². The number of carboxylic acids is 2. The molecule has 0 bridgehead atoms. The monoisotopic (exact) mass is 462 g/mol. The summed E-state index contributed by atoms with van der Waals surface area (Å²) in [6, 6.07) is 0.471. The quantitative estimate of drug-likeness (QED) is 0.242. The van der Waals surface area contributed by atoms with Gasteiger partial charge in [0.2, 0.25) is 12.4 Å². The summed E-state index contributed by atoms with van der Waals surface area (Å²) in [5, 5.41) is 25.3. The van der Waals surface area contributed by atoms with Crippen LogP contribution in [0.25, 0.3) is 0 Å². The van der Waals surface area contributed by atoms with Gasteiger partial charge in [-0.15, -0.1) is 0 Å². The summed E-state index contributed by atoms with van der Waals surface area (Å²) in [6.07, 6.45) is -0.529. The van der Waals surface area contributed by atoms with Gasteiger partial charge in [0.15, 0.2) is 12.1 Å². The normalized spacial score (nSPS) is 32.3. The van der Waals surface area contributed by atoms with Gasteiger partial charge in [-0.05, 0) is 30.7 Å². The predicted molar refractivity (Wildman–Crippen MR) is 115 cm³/mol. The molecule has 174 valence electrons. The summed E-state index contributed by atoms with van der Waals surface area (Å²) in [5.41, 5.74) is 5.81. The number of aliphatic imine (C=N–C) groups is 1. The molecule has 3 aliphatic heterocycles. The van der Waals surface area contributed by atoms with Crippen LogP contribution in [0, 0.1) is 0 Å². The predicted octanol–water partition coefficient (Wildman–Crippen LogP) is -2.29. The van der Waals surface area contributed by atoms with Crippen molar-refractivity contribution in [2.24, 2.45) is 10.7 Å². The third-order valence-corrected chi connectivity index (χ3v) is 5.20. The standard InChI is InChI=1S/C20H23N7O6/c21-20-24-16-15(18(31)25-20)27-9-26(8-12(27)7-22-16)11-3-1-10(2-4-11)17(30)23-13(19(32)33)5-6-14(28)29/h1-4,9,12-13,15-16,22H,5-8H2,(H5-,21,23,24,25,28,29,30,31,32,33)/p+1/t12?,13-,15?,16?/m0/s1/i7D,8D2,12D/t7?,12?,13-,15?,16?. The van der Waals surface area contributed by atoms with E-state index in [9.17, 15) is 24.3 Å². The smallest absolute Gasteiger partial charge is 0.326 e. The number of aliphatic carboxylic acids is 2. The van der Waals surface area contributed by atoms with Crippen LogP contribution in [0.15, 0.2) is 29.3 Å². The number of guanidine groups is 1. The number of fused-ring (bicyclic) bond motifs is 3. The van der Waals surface area contributed by atoms with Crippen molar-refractivity contribution in [1.29, 1.82) is 0 Å². The highest BCUT2D eigenvalue weighted by Gasteiger charge is 2.48. The number of hydrogen-bond acceptors (Lipinski definition) is 8. The van der Waals surface area contributed by atoms with Crippen molar-refractivity contribution >= 4 is 41.7 Å². The van der Waals surface area contributed by atoms with E-state index in [-0.39, 0.29) is 23.6 Å². The van der Waals surface area contributed by atoms with Crippen LogP contribution in [0.3, 0.4) is 0 Å². The van der Waals surface area contributed by atoms with Gasteiger partial charge in [-0.2, -0.15) is 0 Å². The Bertz CT molecular complexity index is 1230. The Morgan fingerprint density at radius 3 is 2.76 bits per heavy atom. The number of nitrogens with two attached hydrogens (primary N) is 1. The molecule has 0 radical (unpaired) electrons. The Labute approximate surface area is 193 Å². The summed E-state index contributed by atoms with van der Waals surface area (Å²) in [5.74, 6) is -4.16. The minimum atomic E-state index is -2.53. The number of rotatable bonds is 7. The minimum Gasteiger partial charge on any atom is -0.481 e. The molecule has 3 aliphatic rings. The minimum absolute atomic E-state index is 0.0277. The molecule has 4 unspecified atom stereocenters. The van der Waals surface area contributed by atoms with Gasteiger partial charge >= 0.3 is 11.9 Å². The number of amides is 2. The topological polar surface area (TPSA) is 189 Å². The molecule has 0 aliphatic carbocycles. The van der Waals surface area contributed by atoms with Gasteiger partial charge in [-0.1, -0.05) is 0 Å². The highest BCUT2D eigenvalue weighted by molar-refractivity contribution is 6.01. The van der Waals surface area contributed by atoms with E-state index in [0.29, 0.717) is 0 Å². The highest BCUT2D eigenvalue weighted by atomic mass is 16.4.